The van der Waals surface area contributed by atoms with Gasteiger partial charge in [-0.05, 0) is 37.8 Å². The van der Waals surface area contributed by atoms with Crippen LogP contribution in [0.5, 0.6) is 5.75 Å². The number of piperidine rings is 1. The highest BCUT2D eigenvalue weighted by molar-refractivity contribution is 7.18. The lowest BCUT2D eigenvalue weighted by atomic mass is 9.92. The van der Waals surface area contributed by atoms with Crippen LogP contribution in [0.25, 0.3) is 10.3 Å². The van der Waals surface area contributed by atoms with E-state index < -0.39 is 6.36 Å². The Bertz CT molecular complexity index is 1340. The molecule has 34 heavy (non-hydrogen) atoms. The van der Waals surface area contributed by atoms with E-state index in [1.165, 1.54) is 28.0 Å². The van der Waals surface area contributed by atoms with Crippen molar-refractivity contribution in [2.45, 2.75) is 32.2 Å². The number of alkyl halides is 3. The third-order valence-corrected chi connectivity index (χ3v) is 7.56. The Morgan fingerprint density at radius 2 is 2.06 bits per heavy atom. The number of nitrogens with zero attached hydrogens (tertiary/aromatic N) is 6. The number of fused-ring (bicyclic) bond motifs is 2. The molecule has 0 aliphatic carbocycles. The molecule has 0 N–H and O–H groups in total. The highest BCUT2D eigenvalue weighted by atomic mass is 32.1. The molecular weight excluding hydrogens is 469 g/mol. The molecule has 12 heteroatoms. The summed E-state index contributed by atoms with van der Waals surface area (Å²) in [4.78, 5) is 26.7. The minimum Gasteiger partial charge on any atom is -0.404 e. The number of pyridine rings is 2. The first-order chi connectivity index (χ1) is 16.2. The maximum Gasteiger partial charge on any atom is 0.573 e. The Kier molecular flexibility index (Phi) is 5.39. The van der Waals surface area contributed by atoms with Crippen LogP contribution in [-0.2, 0) is 7.05 Å². The highest BCUT2D eigenvalue weighted by Crippen LogP contribution is 2.40. The van der Waals surface area contributed by atoms with Crippen LogP contribution in [0.2, 0.25) is 0 Å². The number of aryl methyl sites for hydroxylation is 2. The summed E-state index contributed by atoms with van der Waals surface area (Å²) >= 11 is 1.44. The largest absolute Gasteiger partial charge is 0.573 e. The zero-order valence-electron chi connectivity index (χ0n) is 18.5. The molecule has 2 fully saturated rings. The first-order valence-electron chi connectivity index (χ1n) is 10.8. The van der Waals surface area contributed by atoms with Crippen LogP contribution in [0.15, 0.2) is 23.1 Å². The molecule has 0 amide bonds. The molecule has 0 bridgehead atoms. The predicted molar refractivity (Wildman–Crippen MR) is 121 cm³/mol. The molecule has 2 atom stereocenters. The van der Waals surface area contributed by atoms with E-state index in [-0.39, 0.29) is 28.8 Å². The number of hydrogen-bond acceptors (Lipinski definition) is 8. The number of thiazole rings is 1. The summed E-state index contributed by atoms with van der Waals surface area (Å²) < 4.78 is 42.6. The summed E-state index contributed by atoms with van der Waals surface area (Å²) in [6.45, 7) is 3.91. The first-order valence-corrected chi connectivity index (χ1v) is 11.6. The van der Waals surface area contributed by atoms with Crippen molar-refractivity contribution in [1.82, 2.24) is 14.5 Å². The molecule has 0 saturated carbocycles. The zero-order valence-corrected chi connectivity index (χ0v) is 19.3. The van der Waals surface area contributed by atoms with Gasteiger partial charge >= 0.3 is 6.36 Å². The van der Waals surface area contributed by atoms with Crippen molar-refractivity contribution >= 4 is 33.2 Å². The Hall–Kier alpha value is -3.33. The number of anilines is 2. The van der Waals surface area contributed by atoms with E-state index >= 15 is 0 Å². The van der Waals surface area contributed by atoms with Crippen LogP contribution in [0, 0.1) is 24.2 Å². The van der Waals surface area contributed by atoms with E-state index in [1.54, 1.807) is 7.05 Å². The summed E-state index contributed by atoms with van der Waals surface area (Å²) in [6.07, 6.45) is -2.05. The summed E-state index contributed by atoms with van der Waals surface area (Å²) in [5.74, 6) is 0.498. The summed E-state index contributed by atoms with van der Waals surface area (Å²) in [6, 6.07) is 5.04. The predicted octanol–water partition coefficient (Wildman–Crippen LogP) is 3.57. The molecule has 1 unspecified atom stereocenters. The van der Waals surface area contributed by atoms with Crippen molar-refractivity contribution in [2.75, 3.05) is 29.4 Å². The quantitative estimate of drug-likeness (QED) is 0.555. The van der Waals surface area contributed by atoms with Crippen LogP contribution in [0.1, 0.15) is 23.4 Å². The monoisotopic (exact) mass is 490 g/mol. The third kappa shape index (κ3) is 3.83. The summed E-state index contributed by atoms with van der Waals surface area (Å²) in [5.41, 5.74) is 1.11. The summed E-state index contributed by atoms with van der Waals surface area (Å²) in [7, 11) is 1.66. The second-order valence-electron chi connectivity index (χ2n) is 8.53. The van der Waals surface area contributed by atoms with Crippen molar-refractivity contribution in [2.24, 2.45) is 13.0 Å². The number of hydrogen-bond donors (Lipinski definition) is 0. The molecule has 5 rings (SSSR count). The molecule has 8 nitrogen and oxygen atoms in total. The van der Waals surface area contributed by atoms with Crippen LogP contribution in [0.4, 0.5) is 24.7 Å². The minimum absolute atomic E-state index is 0.116. The zero-order chi connectivity index (χ0) is 24.2. The van der Waals surface area contributed by atoms with Gasteiger partial charge in [-0.3, -0.25) is 4.79 Å². The molecule has 0 radical (unpaired) electrons. The molecule has 2 aliphatic heterocycles. The fourth-order valence-electron chi connectivity index (χ4n) is 5.08. The van der Waals surface area contributed by atoms with E-state index in [0.717, 1.165) is 28.9 Å². The SMILES string of the molecule is Cc1nc2c(N3CC[C@@H]4CN(c5ccc(OC(F)(F)F)cn5)CCC43)c(C#N)c(=O)n(C)c2s1. The normalized spacial score (nSPS) is 20.5. The number of halogens is 3. The Morgan fingerprint density at radius 1 is 1.26 bits per heavy atom. The number of ether oxygens (including phenoxy) is 1. The van der Waals surface area contributed by atoms with Gasteiger partial charge in [0.05, 0.1) is 16.9 Å². The van der Waals surface area contributed by atoms with Gasteiger partial charge in [-0.2, -0.15) is 5.26 Å². The van der Waals surface area contributed by atoms with Gasteiger partial charge in [-0.15, -0.1) is 24.5 Å². The maximum absolute atomic E-state index is 12.9. The molecule has 5 heterocycles. The average Bonchev–Trinajstić information content (AvgIpc) is 3.38. The highest BCUT2D eigenvalue weighted by Gasteiger charge is 2.41. The van der Waals surface area contributed by atoms with E-state index in [0.29, 0.717) is 36.7 Å². The molecule has 2 saturated heterocycles. The smallest absolute Gasteiger partial charge is 0.404 e. The van der Waals surface area contributed by atoms with E-state index in [2.05, 4.69) is 30.6 Å². The van der Waals surface area contributed by atoms with Crippen molar-refractivity contribution in [3.63, 3.8) is 0 Å². The molecular formula is C22H21F3N6O2S. The second-order valence-corrected chi connectivity index (χ2v) is 9.71. The van der Waals surface area contributed by atoms with Crippen molar-refractivity contribution in [1.29, 1.82) is 5.26 Å². The molecule has 3 aromatic heterocycles. The van der Waals surface area contributed by atoms with E-state index in [9.17, 15) is 23.2 Å². The lowest BCUT2D eigenvalue weighted by Gasteiger charge is -2.39. The maximum atomic E-state index is 12.9. The fourth-order valence-corrected chi connectivity index (χ4v) is 5.96. The third-order valence-electron chi connectivity index (χ3n) is 6.51. The van der Waals surface area contributed by atoms with Crippen molar-refractivity contribution in [3.8, 4) is 11.8 Å². The van der Waals surface area contributed by atoms with Gasteiger partial charge < -0.3 is 19.1 Å². The van der Waals surface area contributed by atoms with Crippen LogP contribution >= 0.6 is 11.3 Å². The van der Waals surface area contributed by atoms with Crippen LogP contribution < -0.4 is 20.1 Å². The van der Waals surface area contributed by atoms with Gasteiger partial charge in [0.15, 0.2) is 0 Å². The van der Waals surface area contributed by atoms with Gasteiger partial charge in [0.1, 0.15) is 33.5 Å². The van der Waals surface area contributed by atoms with Crippen molar-refractivity contribution < 1.29 is 17.9 Å². The Labute approximate surface area is 196 Å². The van der Waals surface area contributed by atoms with Gasteiger partial charge in [0.25, 0.3) is 5.56 Å². The minimum atomic E-state index is -4.75. The first kappa shape index (κ1) is 22.5. The van der Waals surface area contributed by atoms with Crippen LogP contribution in [0.3, 0.4) is 0 Å². The van der Waals surface area contributed by atoms with E-state index in [4.69, 9.17) is 0 Å². The van der Waals surface area contributed by atoms with Crippen molar-refractivity contribution in [3.05, 3.63) is 39.3 Å². The molecule has 2 aliphatic rings. The Morgan fingerprint density at radius 3 is 2.74 bits per heavy atom. The second kappa shape index (κ2) is 8.16. The molecule has 0 aromatic carbocycles. The topological polar surface area (TPSA) is 87.3 Å². The fraction of sp³-hybridized carbons (Fsp3) is 0.455. The van der Waals surface area contributed by atoms with Gasteiger partial charge in [0.2, 0.25) is 0 Å². The van der Waals surface area contributed by atoms with Gasteiger partial charge in [0, 0.05) is 32.7 Å². The van der Waals surface area contributed by atoms with Gasteiger partial charge in [-0.25, -0.2) is 9.97 Å². The standard InChI is InChI=1S/C22H21F3N6O2S/c1-12-28-18-19(15(9-26)20(32)29(2)21(18)34-12)31-8-5-13-11-30(7-6-16(13)31)17-4-3-14(10-27-17)33-22(23,24)25/h3-4,10,13,16H,5-8,11H2,1-2H3/t13-,16?/m1/s1. The number of nitriles is 1. The Balaban J connectivity index is 1.41. The van der Waals surface area contributed by atoms with Gasteiger partial charge in [-0.1, -0.05) is 0 Å². The molecule has 178 valence electrons. The number of aromatic nitrogens is 3. The lowest BCUT2D eigenvalue weighted by Crippen LogP contribution is -2.47. The average molecular weight is 491 g/mol. The molecule has 0 spiro atoms. The van der Waals surface area contributed by atoms with E-state index in [1.807, 2.05) is 6.92 Å². The number of rotatable bonds is 3. The van der Waals surface area contributed by atoms with Crippen LogP contribution in [-0.4, -0.2) is 46.6 Å². The summed E-state index contributed by atoms with van der Waals surface area (Å²) in [5, 5.41) is 10.6. The lowest BCUT2D eigenvalue weighted by molar-refractivity contribution is -0.274. The molecule has 3 aromatic rings.